The van der Waals surface area contributed by atoms with Crippen molar-refractivity contribution in [2.75, 3.05) is 20.2 Å². The van der Waals surface area contributed by atoms with Crippen molar-refractivity contribution in [3.8, 4) is 5.75 Å². The Morgan fingerprint density at radius 1 is 1.21 bits per heavy atom. The maximum atomic E-state index is 13.2. The lowest BCUT2D eigenvalue weighted by atomic mass is 9.49. The van der Waals surface area contributed by atoms with Crippen molar-refractivity contribution >= 4 is 5.91 Å². The number of hydrogen-bond acceptors (Lipinski definition) is 2. The molecule has 130 valence electrons. The number of benzene rings is 1. The van der Waals surface area contributed by atoms with Gasteiger partial charge in [-0.15, -0.1) is 0 Å². The first-order chi connectivity index (χ1) is 11.5. The summed E-state index contributed by atoms with van der Waals surface area (Å²) in [6, 6.07) is 6.15. The van der Waals surface area contributed by atoms with Crippen LogP contribution in [0.2, 0.25) is 0 Å². The average molecular weight is 331 g/mol. The molecule has 0 aromatic heterocycles. The van der Waals surface area contributed by atoms with E-state index < -0.39 is 0 Å². The summed E-state index contributed by atoms with van der Waals surface area (Å²) in [6.45, 7) is 0.954. The van der Waals surface area contributed by atoms with Crippen LogP contribution in [0.15, 0.2) is 24.3 Å². The summed E-state index contributed by atoms with van der Waals surface area (Å²) < 4.78 is 18.8. The fraction of sp³-hybridized carbons (Fsp3) is 0.650. The average Bonchev–Trinajstić information content (AvgIpc) is 2.53. The second-order valence-corrected chi connectivity index (χ2v) is 8.23. The maximum absolute atomic E-state index is 13.2. The van der Waals surface area contributed by atoms with Gasteiger partial charge >= 0.3 is 0 Å². The molecule has 0 unspecified atom stereocenters. The van der Waals surface area contributed by atoms with Gasteiger partial charge in [0.2, 0.25) is 5.91 Å². The highest BCUT2D eigenvalue weighted by atomic mass is 19.1. The van der Waals surface area contributed by atoms with Gasteiger partial charge in [0.1, 0.15) is 18.2 Å². The van der Waals surface area contributed by atoms with E-state index in [1.165, 1.54) is 31.4 Å². The minimum Gasteiger partial charge on any atom is -0.492 e. The zero-order valence-corrected chi connectivity index (χ0v) is 14.3. The van der Waals surface area contributed by atoms with Gasteiger partial charge in [-0.1, -0.05) is 6.07 Å². The second kappa shape index (κ2) is 6.05. The minimum atomic E-state index is -0.300. The first kappa shape index (κ1) is 15.9. The molecule has 1 aromatic carbocycles. The molecule has 5 rings (SSSR count). The first-order valence-corrected chi connectivity index (χ1v) is 9.18. The molecule has 4 heteroatoms. The Bertz CT molecular complexity index is 595. The molecule has 3 nitrogen and oxygen atoms in total. The predicted molar refractivity (Wildman–Crippen MR) is 90.1 cm³/mol. The fourth-order valence-electron chi connectivity index (χ4n) is 5.74. The normalized spacial score (nSPS) is 33.5. The fourth-order valence-corrected chi connectivity index (χ4v) is 5.74. The zero-order valence-electron chi connectivity index (χ0n) is 14.3. The maximum Gasteiger partial charge on any atom is 0.228 e. The SMILES string of the molecule is CN(CCOc1cccc(F)c1)C(=O)C12CC3CC(CC(C3)C1)C2. The van der Waals surface area contributed by atoms with Gasteiger partial charge in [-0.2, -0.15) is 0 Å². The van der Waals surface area contributed by atoms with Crippen LogP contribution in [0, 0.1) is 29.0 Å². The minimum absolute atomic E-state index is 0.0949. The molecule has 0 N–H and O–H groups in total. The molecule has 0 spiro atoms. The van der Waals surface area contributed by atoms with Crippen LogP contribution < -0.4 is 4.74 Å². The predicted octanol–water partition coefficient (Wildman–Crippen LogP) is 3.88. The third kappa shape index (κ3) is 2.91. The monoisotopic (exact) mass is 331 g/mol. The summed E-state index contributed by atoms with van der Waals surface area (Å²) in [4.78, 5) is 14.9. The topological polar surface area (TPSA) is 29.5 Å². The molecular weight excluding hydrogens is 305 g/mol. The molecule has 4 saturated carbocycles. The van der Waals surface area contributed by atoms with Gasteiger partial charge in [0.25, 0.3) is 0 Å². The van der Waals surface area contributed by atoms with Crippen LogP contribution in [0.1, 0.15) is 38.5 Å². The van der Waals surface area contributed by atoms with E-state index in [4.69, 9.17) is 4.74 Å². The smallest absolute Gasteiger partial charge is 0.228 e. The molecular formula is C20H26FNO2. The van der Waals surface area contributed by atoms with Crippen LogP contribution >= 0.6 is 0 Å². The molecule has 24 heavy (non-hydrogen) atoms. The van der Waals surface area contributed by atoms with E-state index in [1.54, 1.807) is 12.1 Å². The van der Waals surface area contributed by atoms with E-state index >= 15 is 0 Å². The third-order valence-electron chi connectivity index (χ3n) is 6.33. The highest BCUT2D eigenvalue weighted by Gasteiger charge is 2.55. The van der Waals surface area contributed by atoms with Crippen LogP contribution in [-0.4, -0.2) is 31.0 Å². The van der Waals surface area contributed by atoms with E-state index in [0.717, 1.165) is 37.0 Å². The van der Waals surface area contributed by atoms with E-state index in [1.807, 2.05) is 11.9 Å². The lowest BCUT2D eigenvalue weighted by Gasteiger charge is -2.56. The standard InChI is InChI=1S/C20H26FNO2/c1-22(5-6-24-18-4-2-3-17(21)10-18)19(23)20-11-14-7-15(12-20)9-16(8-14)13-20/h2-4,10,14-16H,5-9,11-13H2,1H3. The van der Waals surface area contributed by atoms with E-state index in [-0.39, 0.29) is 11.2 Å². The zero-order chi connectivity index (χ0) is 16.7. The molecule has 4 aliphatic carbocycles. The van der Waals surface area contributed by atoms with E-state index in [9.17, 15) is 9.18 Å². The van der Waals surface area contributed by atoms with Crippen molar-refractivity contribution in [3.05, 3.63) is 30.1 Å². The number of halogens is 1. The van der Waals surface area contributed by atoms with Gasteiger partial charge in [-0.05, 0) is 68.4 Å². The molecule has 4 fully saturated rings. The summed E-state index contributed by atoms with van der Waals surface area (Å²) >= 11 is 0. The quantitative estimate of drug-likeness (QED) is 0.819. The van der Waals surface area contributed by atoms with Crippen LogP contribution in [0.3, 0.4) is 0 Å². The molecule has 4 aliphatic rings. The Morgan fingerprint density at radius 3 is 2.42 bits per heavy atom. The van der Waals surface area contributed by atoms with Gasteiger partial charge in [-0.25, -0.2) is 4.39 Å². The van der Waals surface area contributed by atoms with Crippen molar-refractivity contribution in [2.45, 2.75) is 38.5 Å². The highest BCUT2D eigenvalue weighted by Crippen LogP contribution is 2.60. The van der Waals surface area contributed by atoms with Gasteiger partial charge < -0.3 is 9.64 Å². The number of likely N-dealkylation sites (N-methyl/N-ethyl adjacent to an activating group) is 1. The second-order valence-electron chi connectivity index (χ2n) is 8.23. The molecule has 0 aliphatic heterocycles. The molecule has 4 bridgehead atoms. The summed E-state index contributed by atoms with van der Waals surface area (Å²) in [7, 11) is 1.88. The van der Waals surface area contributed by atoms with E-state index in [0.29, 0.717) is 24.8 Å². The largest absolute Gasteiger partial charge is 0.492 e. The van der Waals surface area contributed by atoms with Crippen molar-refractivity contribution < 1.29 is 13.9 Å². The number of amides is 1. The number of nitrogens with zero attached hydrogens (tertiary/aromatic N) is 1. The van der Waals surface area contributed by atoms with Crippen LogP contribution in [0.4, 0.5) is 4.39 Å². The van der Waals surface area contributed by atoms with Crippen molar-refractivity contribution in [3.63, 3.8) is 0 Å². The molecule has 0 atom stereocenters. The first-order valence-electron chi connectivity index (χ1n) is 9.18. The van der Waals surface area contributed by atoms with E-state index in [2.05, 4.69) is 0 Å². The lowest BCUT2D eigenvalue weighted by molar-refractivity contribution is -0.156. The summed E-state index contributed by atoms with van der Waals surface area (Å²) in [5.41, 5.74) is -0.0949. The number of rotatable bonds is 5. The Labute approximate surface area is 143 Å². The lowest BCUT2D eigenvalue weighted by Crippen LogP contribution is -2.54. The van der Waals surface area contributed by atoms with Crippen LogP contribution in [-0.2, 0) is 4.79 Å². The van der Waals surface area contributed by atoms with Crippen LogP contribution in [0.25, 0.3) is 0 Å². The molecule has 1 aromatic rings. The Hall–Kier alpha value is -1.58. The van der Waals surface area contributed by atoms with Gasteiger partial charge in [0.15, 0.2) is 0 Å². The number of hydrogen-bond donors (Lipinski definition) is 0. The van der Waals surface area contributed by atoms with Gasteiger partial charge in [0, 0.05) is 13.1 Å². The van der Waals surface area contributed by atoms with Crippen molar-refractivity contribution in [1.29, 1.82) is 0 Å². The molecule has 0 radical (unpaired) electrons. The van der Waals surface area contributed by atoms with Gasteiger partial charge in [-0.3, -0.25) is 4.79 Å². The summed E-state index contributed by atoms with van der Waals surface area (Å²) in [5.74, 6) is 2.85. The Kier molecular flexibility index (Phi) is 4.01. The molecule has 1 amide bonds. The third-order valence-corrected chi connectivity index (χ3v) is 6.33. The summed E-state index contributed by atoms with van der Waals surface area (Å²) in [5, 5.41) is 0. The molecule has 0 saturated heterocycles. The number of ether oxygens (including phenoxy) is 1. The number of carbonyl (C=O) groups is 1. The summed E-state index contributed by atoms with van der Waals surface area (Å²) in [6.07, 6.45) is 7.31. The van der Waals surface area contributed by atoms with Crippen molar-refractivity contribution in [2.24, 2.45) is 23.2 Å². The number of carbonyl (C=O) groups excluding carboxylic acids is 1. The Balaban J connectivity index is 1.34. The Morgan fingerprint density at radius 2 is 1.83 bits per heavy atom. The van der Waals surface area contributed by atoms with Crippen LogP contribution in [0.5, 0.6) is 5.75 Å². The molecule has 0 heterocycles. The van der Waals surface area contributed by atoms with Gasteiger partial charge in [0.05, 0.1) is 12.0 Å². The van der Waals surface area contributed by atoms with Crippen molar-refractivity contribution in [1.82, 2.24) is 4.90 Å². The highest BCUT2D eigenvalue weighted by molar-refractivity contribution is 5.83.